The zero-order valence-corrected chi connectivity index (χ0v) is 13.6. The minimum Gasteiger partial charge on any atom is -0.383 e. The van der Waals surface area contributed by atoms with Gasteiger partial charge in [-0.1, -0.05) is 12.1 Å². The van der Waals surface area contributed by atoms with Crippen molar-refractivity contribution in [2.24, 2.45) is 0 Å². The first-order valence-corrected chi connectivity index (χ1v) is 8.05. The third-order valence-electron chi connectivity index (χ3n) is 2.24. The quantitative estimate of drug-likeness (QED) is 0.588. The zero-order valence-electron chi connectivity index (χ0n) is 9.57. The van der Waals surface area contributed by atoms with Gasteiger partial charge in [0.15, 0.2) is 0 Å². The van der Waals surface area contributed by atoms with E-state index in [9.17, 15) is 0 Å². The molecular formula is C13H12Br2N2S. The highest BCUT2D eigenvalue weighted by molar-refractivity contribution is 9.10. The zero-order chi connectivity index (χ0) is 12.8. The van der Waals surface area contributed by atoms with E-state index in [1.165, 1.54) is 0 Å². The van der Waals surface area contributed by atoms with Gasteiger partial charge in [-0.15, -0.1) is 11.8 Å². The fourth-order valence-electron chi connectivity index (χ4n) is 1.39. The number of hydrogen-bond donors (Lipinski definition) is 1. The standard InChI is InChI=1S/C13H12Br2N2S/c14-10-5-6-13(17-9-10)18-8-7-16-12-4-2-1-3-11(12)15/h1-6,9,16H,7-8H2. The highest BCUT2D eigenvalue weighted by Crippen LogP contribution is 2.22. The van der Waals surface area contributed by atoms with Gasteiger partial charge in [-0.2, -0.15) is 0 Å². The molecule has 0 saturated heterocycles. The number of hydrogen-bond acceptors (Lipinski definition) is 3. The highest BCUT2D eigenvalue weighted by Gasteiger charge is 1.98. The molecule has 0 unspecified atom stereocenters. The molecule has 2 nitrogen and oxygen atoms in total. The molecule has 0 atom stereocenters. The topological polar surface area (TPSA) is 24.9 Å². The van der Waals surface area contributed by atoms with E-state index in [-0.39, 0.29) is 0 Å². The Morgan fingerprint density at radius 2 is 1.94 bits per heavy atom. The first kappa shape index (κ1) is 13.9. The van der Waals surface area contributed by atoms with E-state index in [0.29, 0.717) is 0 Å². The second-order valence-electron chi connectivity index (χ2n) is 3.57. The maximum absolute atomic E-state index is 4.32. The lowest BCUT2D eigenvalue weighted by atomic mass is 10.3. The first-order chi connectivity index (χ1) is 8.75. The summed E-state index contributed by atoms with van der Waals surface area (Å²) in [5.74, 6) is 0.982. The fraction of sp³-hybridized carbons (Fsp3) is 0.154. The maximum atomic E-state index is 4.32. The van der Waals surface area contributed by atoms with E-state index < -0.39 is 0 Å². The summed E-state index contributed by atoms with van der Waals surface area (Å²) in [6, 6.07) is 12.2. The first-order valence-electron chi connectivity index (χ1n) is 5.48. The number of aromatic nitrogens is 1. The van der Waals surface area contributed by atoms with Crippen molar-refractivity contribution in [3.05, 3.63) is 51.5 Å². The molecule has 18 heavy (non-hydrogen) atoms. The number of rotatable bonds is 5. The third kappa shape index (κ3) is 4.30. The monoisotopic (exact) mass is 386 g/mol. The van der Waals surface area contributed by atoms with Crippen molar-refractivity contribution in [1.82, 2.24) is 4.98 Å². The van der Waals surface area contributed by atoms with Crippen LogP contribution in [-0.4, -0.2) is 17.3 Å². The van der Waals surface area contributed by atoms with Crippen LogP contribution >= 0.6 is 43.6 Å². The molecule has 0 amide bonds. The molecule has 94 valence electrons. The summed E-state index contributed by atoms with van der Waals surface area (Å²) in [7, 11) is 0. The number of nitrogens with one attached hydrogen (secondary N) is 1. The van der Waals surface area contributed by atoms with Crippen LogP contribution in [-0.2, 0) is 0 Å². The predicted octanol–water partition coefficient (Wildman–Crippen LogP) is 4.81. The summed E-state index contributed by atoms with van der Waals surface area (Å²) in [6.45, 7) is 0.908. The van der Waals surface area contributed by atoms with Gasteiger partial charge in [-0.3, -0.25) is 0 Å². The van der Waals surface area contributed by atoms with Crippen molar-refractivity contribution < 1.29 is 0 Å². The predicted molar refractivity (Wildman–Crippen MR) is 85.3 cm³/mol. The van der Waals surface area contributed by atoms with E-state index in [1.54, 1.807) is 11.8 Å². The Kier molecular flexibility index (Phi) is 5.53. The average molecular weight is 388 g/mol. The average Bonchev–Trinajstić information content (AvgIpc) is 2.39. The van der Waals surface area contributed by atoms with Crippen LogP contribution in [0.1, 0.15) is 0 Å². The summed E-state index contributed by atoms with van der Waals surface area (Å²) in [5.41, 5.74) is 1.13. The molecule has 2 rings (SSSR count). The lowest BCUT2D eigenvalue weighted by Gasteiger charge is -2.07. The molecule has 1 aromatic heterocycles. The molecular weight excluding hydrogens is 376 g/mol. The SMILES string of the molecule is Brc1ccc(SCCNc2ccccc2Br)nc1. The van der Waals surface area contributed by atoms with Crippen molar-refractivity contribution in [2.75, 3.05) is 17.6 Å². The van der Waals surface area contributed by atoms with Crippen LogP contribution in [0, 0.1) is 0 Å². The third-order valence-corrected chi connectivity index (χ3v) is 4.35. The molecule has 5 heteroatoms. The molecule has 0 radical (unpaired) electrons. The molecule has 1 N–H and O–H groups in total. The Morgan fingerprint density at radius 3 is 2.67 bits per heavy atom. The van der Waals surface area contributed by atoms with Crippen molar-refractivity contribution in [1.29, 1.82) is 0 Å². The molecule has 2 aromatic rings. The van der Waals surface area contributed by atoms with Crippen molar-refractivity contribution in [2.45, 2.75) is 5.03 Å². The van der Waals surface area contributed by atoms with Crippen LogP contribution in [0.5, 0.6) is 0 Å². The Bertz CT molecular complexity index is 503. The van der Waals surface area contributed by atoms with E-state index in [4.69, 9.17) is 0 Å². The smallest absolute Gasteiger partial charge is 0.0961 e. The van der Waals surface area contributed by atoms with E-state index in [0.717, 1.165) is 32.0 Å². The van der Waals surface area contributed by atoms with Crippen molar-refractivity contribution in [3.63, 3.8) is 0 Å². The fourth-order valence-corrected chi connectivity index (χ4v) is 2.76. The van der Waals surface area contributed by atoms with Crippen LogP contribution in [0.15, 0.2) is 56.6 Å². The highest BCUT2D eigenvalue weighted by atomic mass is 79.9. The number of anilines is 1. The van der Waals surface area contributed by atoms with Crippen LogP contribution in [0.3, 0.4) is 0 Å². The van der Waals surface area contributed by atoms with E-state index in [2.05, 4.69) is 48.2 Å². The van der Waals surface area contributed by atoms with Crippen LogP contribution in [0.25, 0.3) is 0 Å². The minimum atomic E-state index is 0.908. The summed E-state index contributed by atoms with van der Waals surface area (Å²) >= 11 is 8.64. The number of benzene rings is 1. The molecule has 0 spiro atoms. The number of thioether (sulfide) groups is 1. The van der Waals surface area contributed by atoms with Gasteiger partial charge >= 0.3 is 0 Å². The number of pyridine rings is 1. The second kappa shape index (κ2) is 7.16. The van der Waals surface area contributed by atoms with Crippen LogP contribution in [0.2, 0.25) is 0 Å². The lowest BCUT2D eigenvalue weighted by Crippen LogP contribution is -2.04. The molecule has 1 heterocycles. The molecule has 0 fully saturated rings. The summed E-state index contributed by atoms with van der Waals surface area (Å²) in [6.07, 6.45) is 1.82. The molecule has 0 aliphatic carbocycles. The summed E-state index contributed by atoms with van der Waals surface area (Å²) in [4.78, 5) is 4.32. The van der Waals surface area contributed by atoms with Crippen LogP contribution in [0.4, 0.5) is 5.69 Å². The number of nitrogens with zero attached hydrogens (tertiary/aromatic N) is 1. The van der Waals surface area contributed by atoms with E-state index in [1.807, 2.05) is 36.5 Å². The Morgan fingerprint density at radius 1 is 1.11 bits per heavy atom. The van der Waals surface area contributed by atoms with Gasteiger partial charge in [0.05, 0.1) is 5.03 Å². The van der Waals surface area contributed by atoms with Gasteiger partial charge in [-0.25, -0.2) is 4.98 Å². The number of halogens is 2. The Hall–Kier alpha value is -0.520. The molecule has 0 saturated carbocycles. The molecule has 0 bridgehead atoms. The van der Waals surface area contributed by atoms with Gasteiger partial charge in [0, 0.05) is 33.1 Å². The lowest BCUT2D eigenvalue weighted by molar-refractivity contribution is 1.11. The van der Waals surface area contributed by atoms with Gasteiger partial charge in [0.1, 0.15) is 0 Å². The largest absolute Gasteiger partial charge is 0.383 e. The van der Waals surface area contributed by atoms with E-state index >= 15 is 0 Å². The van der Waals surface area contributed by atoms with Gasteiger partial charge in [0.25, 0.3) is 0 Å². The maximum Gasteiger partial charge on any atom is 0.0961 e. The van der Waals surface area contributed by atoms with Gasteiger partial charge in [0.2, 0.25) is 0 Å². The number of para-hydroxylation sites is 1. The molecule has 1 aromatic carbocycles. The van der Waals surface area contributed by atoms with Gasteiger partial charge in [-0.05, 0) is 56.1 Å². The molecule has 0 aliphatic rings. The van der Waals surface area contributed by atoms with Crippen molar-refractivity contribution >= 4 is 49.3 Å². The molecule has 0 aliphatic heterocycles. The summed E-state index contributed by atoms with van der Waals surface area (Å²) < 4.78 is 2.11. The van der Waals surface area contributed by atoms with Gasteiger partial charge < -0.3 is 5.32 Å². The summed E-state index contributed by atoms with van der Waals surface area (Å²) in [5, 5.41) is 4.44. The van der Waals surface area contributed by atoms with Crippen molar-refractivity contribution in [3.8, 4) is 0 Å². The Balaban J connectivity index is 1.76. The second-order valence-corrected chi connectivity index (χ2v) is 6.45. The normalized spacial score (nSPS) is 10.3. The Labute approximate surface area is 128 Å². The minimum absolute atomic E-state index is 0.908. The van der Waals surface area contributed by atoms with Crippen LogP contribution < -0.4 is 5.32 Å².